The van der Waals surface area contributed by atoms with Crippen LogP contribution in [-0.2, 0) is 6.42 Å². The van der Waals surface area contributed by atoms with E-state index in [9.17, 15) is 9.90 Å². The van der Waals surface area contributed by atoms with Crippen molar-refractivity contribution < 1.29 is 19.4 Å². The molecular weight excluding hydrogens is 392 g/mol. The van der Waals surface area contributed by atoms with Crippen molar-refractivity contribution in [1.29, 1.82) is 0 Å². The van der Waals surface area contributed by atoms with E-state index in [1.165, 1.54) is 0 Å². The number of aromatic hydroxyl groups is 1. The van der Waals surface area contributed by atoms with Gasteiger partial charge in [-0.2, -0.15) is 0 Å². The van der Waals surface area contributed by atoms with E-state index in [-0.39, 0.29) is 17.8 Å². The molecule has 0 saturated heterocycles. The average molecular weight is 418 g/mol. The van der Waals surface area contributed by atoms with Gasteiger partial charge in [0.25, 0.3) is 5.91 Å². The summed E-state index contributed by atoms with van der Waals surface area (Å²) in [5, 5.41) is 13.6. The van der Waals surface area contributed by atoms with Gasteiger partial charge in [0, 0.05) is 12.2 Å². The quantitative estimate of drug-likeness (QED) is 0.586. The smallest absolute Gasteiger partial charge is 0.257 e. The highest BCUT2D eigenvalue weighted by molar-refractivity contribution is 6.01. The molecule has 0 saturated carbocycles. The Hall–Kier alpha value is -3.67. The number of methoxy groups -OCH3 is 1. The molecule has 0 unspecified atom stereocenters. The van der Waals surface area contributed by atoms with Crippen LogP contribution in [0.3, 0.4) is 0 Å². The van der Waals surface area contributed by atoms with Crippen LogP contribution in [0.4, 0.5) is 5.69 Å². The summed E-state index contributed by atoms with van der Waals surface area (Å²) in [7, 11) is 1.64. The van der Waals surface area contributed by atoms with E-state index in [4.69, 9.17) is 9.47 Å². The molecule has 1 atom stereocenters. The number of anilines is 1. The number of hydrogen-bond donors (Lipinski definition) is 2. The van der Waals surface area contributed by atoms with E-state index in [0.717, 1.165) is 22.6 Å². The Bertz CT molecular complexity index is 1070. The number of carbonyl (C=O) groups is 1. The number of benzene rings is 3. The number of para-hydroxylation sites is 1. The number of ether oxygens (including phenoxy) is 2. The lowest BCUT2D eigenvalue weighted by Crippen LogP contribution is -2.44. The Morgan fingerprint density at radius 1 is 1.06 bits per heavy atom. The van der Waals surface area contributed by atoms with Crippen LogP contribution < -0.4 is 14.8 Å². The molecule has 0 bridgehead atoms. The first-order valence-corrected chi connectivity index (χ1v) is 10.4. The van der Waals surface area contributed by atoms with Crippen LogP contribution in [0.25, 0.3) is 0 Å². The van der Waals surface area contributed by atoms with Crippen LogP contribution in [0.15, 0.2) is 66.7 Å². The van der Waals surface area contributed by atoms with E-state index in [1.807, 2.05) is 66.4 Å². The normalized spacial score (nSPS) is 15.2. The molecular formula is C25H26N2O4. The molecule has 160 valence electrons. The highest BCUT2D eigenvalue weighted by Crippen LogP contribution is 2.36. The van der Waals surface area contributed by atoms with Crippen LogP contribution in [0.1, 0.15) is 34.6 Å². The Morgan fingerprint density at radius 3 is 2.58 bits per heavy atom. The number of nitrogens with one attached hydrogen (secondary N) is 1. The largest absolute Gasteiger partial charge is 0.504 e. The molecule has 4 rings (SSSR count). The van der Waals surface area contributed by atoms with Crippen molar-refractivity contribution >= 4 is 11.6 Å². The first-order chi connectivity index (χ1) is 15.1. The maximum atomic E-state index is 13.4. The van der Waals surface area contributed by atoms with Gasteiger partial charge in [0.05, 0.1) is 19.3 Å². The van der Waals surface area contributed by atoms with Crippen LogP contribution in [0.5, 0.6) is 17.2 Å². The van der Waals surface area contributed by atoms with Crippen LogP contribution in [0.2, 0.25) is 0 Å². The van der Waals surface area contributed by atoms with E-state index < -0.39 is 0 Å². The average Bonchev–Trinajstić information content (AvgIpc) is 2.80. The predicted octanol–water partition coefficient (Wildman–Crippen LogP) is 4.61. The molecule has 0 aromatic heterocycles. The minimum Gasteiger partial charge on any atom is -0.504 e. The number of phenols is 1. The minimum atomic E-state index is -0.375. The molecule has 3 aromatic rings. The zero-order chi connectivity index (χ0) is 21.8. The van der Waals surface area contributed by atoms with Gasteiger partial charge in [-0.05, 0) is 60.9 Å². The molecule has 2 N–H and O–H groups in total. The number of amides is 1. The molecule has 0 fully saturated rings. The van der Waals surface area contributed by atoms with E-state index in [2.05, 4.69) is 5.32 Å². The third-order valence-electron chi connectivity index (χ3n) is 5.42. The molecule has 0 aliphatic carbocycles. The predicted molar refractivity (Wildman–Crippen MR) is 120 cm³/mol. The van der Waals surface area contributed by atoms with Gasteiger partial charge < -0.3 is 24.8 Å². The lowest BCUT2D eigenvalue weighted by Gasteiger charge is -2.38. The van der Waals surface area contributed by atoms with Crippen molar-refractivity contribution in [1.82, 2.24) is 4.90 Å². The SMILES string of the molecule is CCOc1cc([C@@H]2Nc3ccccc3C(=O)N2CCc2ccc(OC)cc2)ccc1O. The van der Waals surface area contributed by atoms with Crippen LogP contribution in [0, 0.1) is 0 Å². The number of carbonyl (C=O) groups excluding carboxylic acids is 1. The molecule has 6 heteroatoms. The monoisotopic (exact) mass is 418 g/mol. The summed E-state index contributed by atoms with van der Waals surface area (Å²) < 4.78 is 10.8. The summed E-state index contributed by atoms with van der Waals surface area (Å²) in [4.78, 5) is 15.2. The second-order valence-corrected chi connectivity index (χ2v) is 7.35. The number of phenolic OH excluding ortho intramolecular Hbond substituents is 1. The first kappa shape index (κ1) is 20.6. The Morgan fingerprint density at radius 2 is 1.84 bits per heavy atom. The van der Waals surface area contributed by atoms with E-state index >= 15 is 0 Å². The summed E-state index contributed by atoms with van der Waals surface area (Å²) in [6.45, 7) is 2.84. The van der Waals surface area contributed by atoms with E-state index in [1.54, 1.807) is 19.2 Å². The second-order valence-electron chi connectivity index (χ2n) is 7.35. The zero-order valence-corrected chi connectivity index (χ0v) is 17.7. The van der Waals surface area contributed by atoms with Crippen molar-refractivity contribution in [2.24, 2.45) is 0 Å². The van der Waals surface area contributed by atoms with Crippen molar-refractivity contribution in [2.45, 2.75) is 19.5 Å². The van der Waals surface area contributed by atoms with Gasteiger partial charge in [-0.1, -0.05) is 30.3 Å². The fourth-order valence-corrected chi connectivity index (χ4v) is 3.80. The molecule has 1 aliphatic heterocycles. The van der Waals surface area contributed by atoms with Crippen LogP contribution >= 0.6 is 0 Å². The maximum absolute atomic E-state index is 13.4. The molecule has 6 nitrogen and oxygen atoms in total. The number of hydrogen-bond acceptors (Lipinski definition) is 5. The molecule has 1 heterocycles. The summed E-state index contributed by atoms with van der Waals surface area (Å²) in [5.74, 6) is 1.26. The minimum absolute atomic E-state index is 0.0288. The van der Waals surface area contributed by atoms with Gasteiger partial charge in [0.2, 0.25) is 0 Å². The van der Waals surface area contributed by atoms with Crippen molar-refractivity contribution in [2.75, 3.05) is 25.6 Å². The third kappa shape index (κ3) is 4.28. The number of nitrogens with zero attached hydrogens (tertiary/aromatic N) is 1. The Labute approximate surface area is 182 Å². The van der Waals surface area contributed by atoms with Gasteiger partial charge in [-0.3, -0.25) is 4.79 Å². The summed E-state index contributed by atoms with van der Waals surface area (Å²) in [6, 6.07) is 20.6. The summed E-state index contributed by atoms with van der Waals surface area (Å²) in [6.07, 6.45) is 0.326. The van der Waals surface area contributed by atoms with E-state index in [0.29, 0.717) is 30.9 Å². The fourth-order valence-electron chi connectivity index (χ4n) is 3.80. The highest BCUT2D eigenvalue weighted by atomic mass is 16.5. The first-order valence-electron chi connectivity index (χ1n) is 10.4. The van der Waals surface area contributed by atoms with Gasteiger partial charge in [0.1, 0.15) is 11.9 Å². The molecule has 0 spiro atoms. The van der Waals surface area contributed by atoms with Gasteiger partial charge in [-0.15, -0.1) is 0 Å². The van der Waals surface area contributed by atoms with Gasteiger partial charge in [0.15, 0.2) is 11.5 Å². The van der Waals surface area contributed by atoms with Crippen molar-refractivity contribution in [3.8, 4) is 17.2 Å². The summed E-state index contributed by atoms with van der Waals surface area (Å²) in [5.41, 5.74) is 3.41. The Balaban J connectivity index is 1.65. The van der Waals surface area contributed by atoms with Crippen molar-refractivity contribution in [3.05, 3.63) is 83.4 Å². The second kappa shape index (κ2) is 9.00. The molecule has 31 heavy (non-hydrogen) atoms. The Kier molecular flexibility index (Phi) is 5.98. The fraction of sp³-hybridized carbons (Fsp3) is 0.240. The lowest BCUT2D eigenvalue weighted by atomic mass is 10.0. The zero-order valence-electron chi connectivity index (χ0n) is 17.7. The van der Waals surface area contributed by atoms with Crippen LogP contribution in [-0.4, -0.2) is 36.2 Å². The molecule has 0 radical (unpaired) electrons. The van der Waals surface area contributed by atoms with Gasteiger partial charge >= 0.3 is 0 Å². The van der Waals surface area contributed by atoms with Crippen molar-refractivity contribution in [3.63, 3.8) is 0 Å². The standard InChI is InChI=1S/C25H26N2O4/c1-3-31-23-16-18(10-13-22(23)28)24-26-21-7-5-4-6-20(21)25(29)27(24)15-14-17-8-11-19(30-2)12-9-17/h4-13,16,24,26,28H,3,14-15H2,1-2H3/t24-/m1/s1. The molecule has 1 amide bonds. The third-order valence-corrected chi connectivity index (χ3v) is 5.42. The topological polar surface area (TPSA) is 71.0 Å². The number of rotatable bonds is 7. The molecule has 1 aliphatic rings. The lowest BCUT2D eigenvalue weighted by molar-refractivity contribution is 0.0685. The van der Waals surface area contributed by atoms with Gasteiger partial charge in [-0.25, -0.2) is 0 Å². The number of fused-ring (bicyclic) bond motifs is 1. The highest BCUT2D eigenvalue weighted by Gasteiger charge is 2.33. The maximum Gasteiger partial charge on any atom is 0.257 e. The summed E-state index contributed by atoms with van der Waals surface area (Å²) >= 11 is 0. The molecule has 3 aromatic carbocycles.